The number of likely N-dealkylation sites (N-methyl/N-ethyl adjacent to an activating group) is 2. The van der Waals surface area contributed by atoms with Gasteiger partial charge >= 0.3 is 12.1 Å². The summed E-state index contributed by atoms with van der Waals surface area (Å²) < 4.78 is 27.1. The molecule has 0 bridgehead atoms. The molecule has 2 aromatic rings. The highest BCUT2D eigenvalue weighted by molar-refractivity contribution is 5.90. The smallest absolute Gasteiger partial charge is 0.321 e. The van der Waals surface area contributed by atoms with E-state index in [0.29, 0.717) is 0 Å². The lowest BCUT2D eigenvalue weighted by molar-refractivity contribution is 0.205. The van der Waals surface area contributed by atoms with Crippen LogP contribution in [0.2, 0.25) is 0 Å². The second-order valence-electron chi connectivity index (χ2n) is 5.66. The summed E-state index contributed by atoms with van der Waals surface area (Å²) in [5.74, 6) is -1.06. The molecule has 6 nitrogen and oxygen atoms in total. The molecule has 0 aliphatic heterocycles. The Balaban J connectivity index is 1.83. The Labute approximate surface area is 150 Å². The standard InChI is InChI=1S/C18H20F2N4O2/c1-23(17(25)21-15-9-5-3-7-13(15)19)11-12-24(2)18(26)22-16-10-6-4-8-14(16)20/h3-10H,11-12H2,1-2H3,(H,21,25)(H,22,26). The molecule has 0 spiro atoms. The van der Waals surface area contributed by atoms with Gasteiger partial charge in [-0.25, -0.2) is 18.4 Å². The number of urea groups is 2. The van der Waals surface area contributed by atoms with Crippen LogP contribution in [-0.2, 0) is 0 Å². The Morgan fingerprint density at radius 2 is 1.12 bits per heavy atom. The highest BCUT2D eigenvalue weighted by atomic mass is 19.1. The second kappa shape index (κ2) is 8.80. The molecule has 0 saturated carbocycles. The minimum atomic E-state index is -0.532. The number of amides is 4. The van der Waals surface area contributed by atoms with E-state index in [4.69, 9.17) is 0 Å². The number of rotatable bonds is 5. The van der Waals surface area contributed by atoms with Gasteiger partial charge in [0.1, 0.15) is 11.6 Å². The fraction of sp³-hybridized carbons (Fsp3) is 0.222. The molecule has 138 valence electrons. The van der Waals surface area contributed by atoms with Gasteiger partial charge in [-0.05, 0) is 24.3 Å². The Morgan fingerprint density at radius 3 is 1.46 bits per heavy atom. The molecule has 0 heterocycles. The summed E-state index contributed by atoms with van der Waals surface area (Å²) in [6.07, 6.45) is 0. The summed E-state index contributed by atoms with van der Waals surface area (Å²) in [6.45, 7) is 0.420. The molecular weight excluding hydrogens is 342 g/mol. The number of para-hydroxylation sites is 2. The normalized spacial score (nSPS) is 10.2. The van der Waals surface area contributed by atoms with Gasteiger partial charge in [0.2, 0.25) is 0 Å². The van der Waals surface area contributed by atoms with Crippen molar-refractivity contribution in [1.82, 2.24) is 9.80 Å². The maximum absolute atomic E-state index is 13.5. The fourth-order valence-electron chi connectivity index (χ4n) is 2.05. The van der Waals surface area contributed by atoms with Crippen molar-refractivity contribution in [2.45, 2.75) is 0 Å². The van der Waals surface area contributed by atoms with Crippen LogP contribution >= 0.6 is 0 Å². The molecule has 0 radical (unpaired) electrons. The van der Waals surface area contributed by atoms with Crippen LogP contribution in [0.15, 0.2) is 48.5 Å². The molecule has 4 amide bonds. The fourth-order valence-corrected chi connectivity index (χ4v) is 2.05. The second-order valence-corrected chi connectivity index (χ2v) is 5.66. The van der Waals surface area contributed by atoms with Gasteiger partial charge in [0, 0.05) is 27.2 Å². The first-order valence-electron chi connectivity index (χ1n) is 7.92. The van der Waals surface area contributed by atoms with Crippen LogP contribution in [-0.4, -0.2) is 49.0 Å². The molecule has 0 saturated heterocycles. The summed E-state index contributed by atoms with van der Waals surface area (Å²) in [7, 11) is 3.05. The first-order valence-corrected chi connectivity index (χ1v) is 7.92. The number of nitrogens with one attached hydrogen (secondary N) is 2. The zero-order chi connectivity index (χ0) is 19.1. The van der Waals surface area contributed by atoms with Crippen LogP contribution in [0.1, 0.15) is 0 Å². The van der Waals surface area contributed by atoms with Crippen molar-refractivity contribution in [3.8, 4) is 0 Å². The minimum Gasteiger partial charge on any atom is -0.326 e. The van der Waals surface area contributed by atoms with Crippen LogP contribution < -0.4 is 10.6 Å². The highest BCUT2D eigenvalue weighted by Crippen LogP contribution is 2.14. The van der Waals surface area contributed by atoms with Gasteiger partial charge < -0.3 is 20.4 Å². The van der Waals surface area contributed by atoms with E-state index in [1.165, 1.54) is 60.3 Å². The molecule has 2 aromatic carbocycles. The van der Waals surface area contributed by atoms with Crippen molar-refractivity contribution in [1.29, 1.82) is 0 Å². The number of nitrogens with zero attached hydrogens (tertiary/aromatic N) is 2. The van der Waals surface area contributed by atoms with Crippen molar-refractivity contribution in [2.75, 3.05) is 37.8 Å². The number of benzene rings is 2. The van der Waals surface area contributed by atoms with Crippen molar-refractivity contribution in [2.24, 2.45) is 0 Å². The Hall–Kier alpha value is -3.16. The van der Waals surface area contributed by atoms with Crippen molar-refractivity contribution in [3.05, 3.63) is 60.2 Å². The number of hydrogen-bond acceptors (Lipinski definition) is 2. The molecule has 0 unspecified atom stereocenters. The van der Waals surface area contributed by atoms with E-state index in [0.717, 1.165) is 0 Å². The molecule has 0 atom stereocenters. The van der Waals surface area contributed by atoms with Crippen molar-refractivity contribution < 1.29 is 18.4 Å². The summed E-state index contributed by atoms with van der Waals surface area (Å²) in [5, 5.41) is 4.91. The summed E-state index contributed by atoms with van der Waals surface area (Å²) >= 11 is 0. The maximum Gasteiger partial charge on any atom is 0.321 e. The van der Waals surface area contributed by atoms with E-state index >= 15 is 0 Å². The SMILES string of the molecule is CN(CCN(C)C(=O)Nc1ccccc1F)C(=O)Nc1ccccc1F. The monoisotopic (exact) mass is 362 g/mol. The van der Waals surface area contributed by atoms with Crippen LogP contribution in [0.4, 0.5) is 29.7 Å². The van der Waals surface area contributed by atoms with Gasteiger partial charge in [-0.3, -0.25) is 0 Å². The number of carbonyl (C=O) groups is 2. The van der Waals surface area contributed by atoms with Gasteiger partial charge in [0.15, 0.2) is 0 Å². The average molecular weight is 362 g/mol. The number of hydrogen-bond donors (Lipinski definition) is 2. The Morgan fingerprint density at radius 1 is 0.769 bits per heavy atom. The molecule has 8 heteroatoms. The lowest BCUT2D eigenvalue weighted by atomic mass is 10.3. The molecular formula is C18H20F2N4O2. The number of carbonyl (C=O) groups excluding carboxylic acids is 2. The van der Waals surface area contributed by atoms with Crippen molar-refractivity contribution >= 4 is 23.4 Å². The summed E-state index contributed by atoms with van der Waals surface area (Å²) in [4.78, 5) is 26.8. The molecule has 2 rings (SSSR count). The van der Waals surface area contributed by atoms with E-state index in [2.05, 4.69) is 10.6 Å². The van der Waals surface area contributed by atoms with Gasteiger partial charge in [-0.15, -0.1) is 0 Å². The van der Waals surface area contributed by atoms with Crippen LogP contribution in [0.3, 0.4) is 0 Å². The maximum atomic E-state index is 13.5. The number of halogens is 2. The average Bonchev–Trinajstić information content (AvgIpc) is 2.63. The predicted octanol–water partition coefficient (Wildman–Crippen LogP) is 3.59. The number of anilines is 2. The largest absolute Gasteiger partial charge is 0.326 e. The zero-order valence-electron chi connectivity index (χ0n) is 14.5. The van der Waals surface area contributed by atoms with Crippen LogP contribution in [0.25, 0.3) is 0 Å². The molecule has 26 heavy (non-hydrogen) atoms. The van der Waals surface area contributed by atoms with Crippen LogP contribution in [0.5, 0.6) is 0 Å². The van der Waals surface area contributed by atoms with Crippen molar-refractivity contribution in [3.63, 3.8) is 0 Å². The summed E-state index contributed by atoms with van der Waals surface area (Å²) in [6, 6.07) is 10.7. The van der Waals surface area contributed by atoms with Gasteiger partial charge in [0.05, 0.1) is 11.4 Å². The third kappa shape index (κ3) is 5.17. The van der Waals surface area contributed by atoms with Crippen LogP contribution in [0, 0.1) is 11.6 Å². The predicted molar refractivity (Wildman–Crippen MR) is 96.1 cm³/mol. The Bertz CT molecular complexity index is 720. The van der Waals surface area contributed by atoms with E-state index in [9.17, 15) is 18.4 Å². The van der Waals surface area contributed by atoms with E-state index in [1.54, 1.807) is 12.1 Å². The first kappa shape index (κ1) is 19.2. The third-order valence-electron chi connectivity index (χ3n) is 3.70. The van der Waals surface area contributed by atoms with E-state index < -0.39 is 23.7 Å². The molecule has 0 aliphatic carbocycles. The quantitative estimate of drug-likeness (QED) is 0.854. The third-order valence-corrected chi connectivity index (χ3v) is 3.70. The van der Waals surface area contributed by atoms with Gasteiger partial charge in [0.25, 0.3) is 0 Å². The van der Waals surface area contributed by atoms with E-state index in [-0.39, 0.29) is 24.5 Å². The molecule has 0 aromatic heterocycles. The van der Waals surface area contributed by atoms with E-state index in [1.807, 2.05) is 0 Å². The minimum absolute atomic E-state index is 0.0787. The summed E-state index contributed by atoms with van der Waals surface area (Å²) in [5.41, 5.74) is 0.157. The van der Waals surface area contributed by atoms with Gasteiger partial charge in [-0.1, -0.05) is 24.3 Å². The lowest BCUT2D eigenvalue weighted by Crippen LogP contribution is -2.40. The molecule has 2 N–H and O–H groups in total. The zero-order valence-corrected chi connectivity index (χ0v) is 14.5. The van der Waals surface area contributed by atoms with Gasteiger partial charge in [-0.2, -0.15) is 0 Å². The Kier molecular flexibility index (Phi) is 6.48. The molecule has 0 aliphatic rings. The lowest BCUT2D eigenvalue weighted by Gasteiger charge is -2.23. The first-order chi connectivity index (χ1) is 12.4. The highest BCUT2D eigenvalue weighted by Gasteiger charge is 2.15. The molecule has 0 fully saturated rings. The topological polar surface area (TPSA) is 64.7 Å².